The van der Waals surface area contributed by atoms with E-state index in [2.05, 4.69) is 17.2 Å². The maximum atomic E-state index is 9.19. The molecule has 0 rings (SSSR count). The summed E-state index contributed by atoms with van der Waals surface area (Å²) in [6, 6.07) is 0. The molecule has 0 aromatic carbocycles. The second-order valence-electron chi connectivity index (χ2n) is 0.676. The van der Waals surface area contributed by atoms with Crippen molar-refractivity contribution in [1.29, 1.82) is 0 Å². The van der Waals surface area contributed by atoms with Gasteiger partial charge in [-0.05, 0) is 0 Å². The van der Waals surface area contributed by atoms with Crippen LogP contribution in [0.2, 0.25) is 0 Å². The molecule has 0 bridgehead atoms. The molecule has 32 valence electrons. The number of rotatable bonds is 0. The Kier molecular flexibility index (Phi) is 5.13. The van der Waals surface area contributed by atoms with Crippen LogP contribution in [0.5, 0.6) is 0 Å². The van der Waals surface area contributed by atoms with Crippen LogP contribution >= 0.6 is 0 Å². The van der Waals surface area contributed by atoms with Crippen molar-refractivity contribution in [3.05, 3.63) is 20.4 Å². The minimum absolute atomic E-state index is 1.66. The molecule has 0 heterocycles. The Morgan fingerprint density at radius 2 is 1.57 bits per heavy atom. The van der Waals surface area contributed by atoms with Crippen LogP contribution in [0.3, 0.4) is 0 Å². The van der Waals surface area contributed by atoms with Gasteiger partial charge in [0.05, 0.1) is 0 Å². The van der Waals surface area contributed by atoms with Crippen LogP contribution in [0.1, 0.15) is 0 Å². The summed E-state index contributed by atoms with van der Waals surface area (Å²) < 4.78 is 4.27. The van der Waals surface area contributed by atoms with Crippen molar-refractivity contribution < 1.29 is 24.6 Å². The summed E-state index contributed by atoms with van der Waals surface area (Å²) in [6.07, 6.45) is 0. The summed E-state index contributed by atoms with van der Waals surface area (Å²) >= 11 is -1.66. The number of hydrogen-bond acceptors (Lipinski definition) is 2. The first-order valence-electron chi connectivity index (χ1n) is 1.52. The first kappa shape index (κ1) is 6.52. The van der Waals surface area contributed by atoms with E-state index in [4.69, 9.17) is 0 Å². The molecular weight excluding hydrogens is 285 g/mol. The molecule has 0 atom stereocenters. The summed E-state index contributed by atoms with van der Waals surface area (Å²) in [7, 11) is 0. The van der Waals surface area contributed by atoms with Gasteiger partial charge in [0.2, 0.25) is 0 Å². The van der Waals surface area contributed by atoms with Crippen molar-refractivity contribution >= 4 is 0 Å². The van der Waals surface area contributed by atoms with E-state index in [1.807, 2.05) is 0 Å². The van der Waals surface area contributed by atoms with Crippen LogP contribution in [-0.4, -0.2) is 0 Å². The van der Waals surface area contributed by atoms with Crippen molar-refractivity contribution in [3.63, 3.8) is 0 Å². The van der Waals surface area contributed by atoms with Crippen molar-refractivity contribution in [2.75, 3.05) is 0 Å². The average molecular weight is 285 g/mol. The van der Waals surface area contributed by atoms with E-state index in [-0.39, 0.29) is 0 Å². The first-order valence-corrected chi connectivity index (χ1v) is 7.02. The summed E-state index contributed by atoms with van der Waals surface area (Å²) in [4.78, 5) is 0. The molecule has 0 aliphatic carbocycles. The van der Waals surface area contributed by atoms with Gasteiger partial charge in [-0.2, -0.15) is 0 Å². The Morgan fingerprint density at radius 1 is 1.14 bits per heavy atom. The van der Waals surface area contributed by atoms with Crippen LogP contribution < -0.4 is 0 Å². The van der Waals surface area contributed by atoms with Crippen molar-refractivity contribution in [2.45, 2.75) is 0 Å². The monoisotopic (exact) mass is 286 g/mol. The van der Waals surface area contributed by atoms with Gasteiger partial charge in [-0.15, -0.1) is 0 Å². The van der Waals surface area contributed by atoms with Gasteiger partial charge in [0.15, 0.2) is 0 Å². The first-order chi connectivity index (χ1) is 3.41. The molecule has 0 N–H and O–H groups in total. The molecule has 0 saturated heterocycles. The molecule has 0 unspecified atom stereocenters. The summed E-state index contributed by atoms with van der Waals surface area (Å²) in [5.74, 6) is 0. The molecule has 0 aromatic heterocycles. The number of hydrogen-bond donors (Lipinski definition) is 0. The maximum absolute atomic E-state index is 9.19. The SMILES string of the molecule is [O-][N+]#[C][Hg][C]#[N+][O-]. The van der Waals surface area contributed by atoms with Crippen LogP contribution in [0, 0.1) is 17.6 Å². The van der Waals surface area contributed by atoms with Gasteiger partial charge in [-0.25, -0.2) is 0 Å². The van der Waals surface area contributed by atoms with Crippen LogP contribution in [0.4, 0.5) is 0 Å². The van der Waals surface area contributed by atoms with Crippen molar-refractivity contribution in [1.82, 2.24) is 0 Å². The molecule has 0 radical (unpaired) electrons. The predicted molar refractivity (Wildman–Crippen MR) is 21.2 cm³/mol. The molecule has 0 amide bonds. The second kappa shape index (κ2) is 5.52. The predicted octanol–water partition coefficient (Wildman–Crippen LogP) is 0.645. The molecular formula is C2HgN2O2. The van der Waals surface area contributed by atoms with Crippen molar-refractivity contribution in [3.8, 4) is 7.16 Å². The third-order valence-corrected chi connectivity index (χ3v) is 2.52. The fraction of sp³-hybridized carbons (Fsp3) is 0. The van der Waals surface area contributed by atoms with Gasteiger partial charge in [0.25, 0.3) is 0 Å². The Bertz CT molecular complexity index is 129. The average Bonchev–Trinajstić information content (AvgIpc) is 1.69. The minimum atomic E-state index is -1.66. The Morgan fingerprint density at radius 3 is 1.86 bits per heavy atom. The van der Waals surface area contributed by atoms with E-state index in [0.717, 1.165) is 0 Å². The molecule has 4 nitrogen and oxygen atoms in total. The fourth-order valence-corrected chi connectivity index (χ4v) is 0.877. The van der Waals surface area contributed by atoms with E-state index in [1.165, 1.54) is 0 Å². The van der Waals surface area contributed by atoms with Gasteiger partial charge < -0.3 is 0 Å². The molecule has 0 aliphatic rings. The van der Waals surface area contributed by atoms with E-state index >= 15 is 0 Å². The summed E-state index contributed by atoms with van der Waals surface area (Å²) in [6.45, 7) is 0. The van der Waals surface area contributed by atoms with Crippen molar-refractivity contribution in [2.24, 2.45) is 0 Å². The van der Waals surface area contributed by atoms with E-state index in [9.17, 15) is 10.4 Å². The molecule has 0 aliphatic heterocycles. The van der Waals surface area contributed by atoms with Gasteiger partial charge in [0, 0.05) is 0 Å². The summed E-state index contributed by atoms with van der Waals surface area (Å²) in [5.41, 5.74) is 0. The second-order valence-corrected chi connectivity index (χ2v) is 4.51. The van der Waals surface area contributed by atoms with Crippen LogP contribution in [0.25, 0.3) is 10.0 Å². The number of nitrogens with zero attached hydrogens (tertiary/aromatic N) is 2. The zero-order valence-corrected chi connectivity index (χ0v) is 8.92. The van der Waals surface area contributed by atoms with E-state index in [1.54, 1.807) is 0 Å². The molecule has 0 fully saturated rings. The molecule has 5 heteroatoms. The normalized spacial score (nSPS) is 3.43. The molecule has 0 saturated carbocycles. The standard InChI is InChI=1S/2CNO.Hg/c2*1-2-3;. The quantitative estimate of drug-likeness (QED) is 0.484. The molecule has 0 aromatic rings. The topological polar surface area (TPSA) is 54.8 Å². The molecule has 0 spiro atoms. The van der Waals surface area contributed by atoms with Crippen LogP contribution in [0.15, 0.2) is 0 Å². The van der Waals surface area contributed by atoms with E-state index < -0.39 is 24.6 Å². The zero-order chi connectivity index (χ0) is 5.54. The van der Waals surface area contributed by atoms with Gasteiger partial charge in [-0.3, -0.25) is 0 Å². The zero-order valence-electron chi connectivity index (χ0n) is 3.42. The third kappa shape index (κ3) is 5.52. The van der Waals surface area contributed by atoms with Gasteiger partial charge >= 0.3 is 52.2 Å². The Hall–Kier alpha value is -0.485. The van der Waals surface area contributed by atoms with E-state index in [0.29, 0.717) is 0 Å². The Balaban J connectivity index is 3.21. The Labute approximate surface area is 52.4 Å². The van der Waals surface area contributed by atoms with Crippen LogP contribution in [-0.2, 0) is 24.6 Å². The molecule has 7 heavy (non-hydrogen) atoms. The van der Waals surface area contributed by atoms with Gasteiger partial charge in [0.1, 0.15) is 0 Å². The third-order valence-electron chi connectivity index (χ3n) is 0.287. The fourth-order valence-electron chi connectivity index (χ4n) is 0.0999. The van der Waals surface area contributed by atoms with Gasteiger partial charge in [-0.1, -0.05) is 0 Å². The summed E-state index contributed by atoms with van der Waals surface area (Å²) in [5, 5.41) is 23.0.